The predicted molar refractivity (Wildman–Crippen MR) is 58.3 cm³/mol. The van der Waals surface area contributed by atoms with Crippen molar-refractivity contribution in [1.29, 1.82) is 0 Å². The van der Waals surface area contributed by atoms with Gasteiger partial charge in [0.1, 0.15) is 5.82 Å². The zero-order chi connectivity index (χ0) is 9.26. The summed E-state index contributed by atoms with van der Waals surface area (Å²) in [4.78, 5) is 2.91. The van der Waals surface area contributed by atoms with Gasteiger partial charge in [-0.1, -0.05) is 12.1 Å². The van der Waals surface area contributed by atoms with Crippen molar-refractivity contribution < 1.29 is 4.39 Å². The minimum Gasteiger partial charge on any atom is -0.359 e. The van der Waals surface area contributed by atoms with Gasteiger partial charge in [0, 0.05) is 11.6 Å². The molecule has 2 aromatic rings. The van der Waals surface area contributed by atoms with Crippen LogP contribution in [0.4, 0.5) is 4.39 Å². The van der Waals surface area contributed by atoms with Gasteiger partial charge >= 0.3 is 0 Å². The number of H-pyrrole nitrogens is 1. The molecule has 0 spiro atoms. The molecule has 0 fully saturated rings. The smallest absolute Gasteiger partial charge is 0.147 e. The number of aromatic amines is 1. The van der Waals surface area contributed by atoms with Gasteiger partial charge in [-0.05, 0) is 24.6 Å². The molecular weight excluding hydrogens is 203 g/mol. The van der Waals surface area contributed by atoms with E-state index < -0.39 is 0 Å². The fourth-order valence-corrected chi connectivity index (χ4v) is 1.54. The van der Waals surface area contributed by atoms with Crippen LogP contribution >= 0.6 is 12.4 Å². The van der Waals surface area contributed by atoms with Gasteiger partial charge in [-0.15, -0.1) is 12.4 Å². The lowest BCUT2D eigenvalue weighted by atomic mass is 10.1. The van der Waals surface area contributed by atoms with E-state index in [1.807, 2.05) is 12.3 Å². The number of rotatable bonds is 2. The van der Waals surface area contributed by atoms with Crippen LogP contribution in [-0.4, -0.2) is 11.5 Å². The average Bonchev–Trinajstić information content (AvgIpc) is 2.51. The first-order chi connectivity index (χ1) is 6.33. The highest BCUT2D eigenvalue weighted by Gasteiger charge is 2.05. The fraction of sp³-hybridized carbons (Fsp3) is 0.200. The zero-order valence-electron chi connectivity index (χ0n) is 7.59. The van der Waals surface area contributed by atoms with Crippen molar-refractivity contribution >= 4 is 23.3 Å². The van der Waals surface area contributed by atoms with Crippen LogP contribution in [0.5, 0.6) is 0 Å². The molecule has 0 aliphatic carbocycles. The quantitative estimate of drug-likeness (QED) is 0.791. The van der Waals surface area contributed by atoms with E-state index in [1.165, 1.54) is 6.07 Å². The summed E-state index contributed by atoms with van der Waals surface area (Å²) in [5.41, 5.74) is 7.10. The van der Waals surface area contributed by atoms with Crippen LogP contribution in [0.15, 0.2) is 24.4 Å². The lowest BCUT2D eigenvalue weighted by molar-refractivity contribution is 0.637. The minimum absolute atomic E-state index is 0. The molecule has 2 rings (SSSR count). The summed E-state index contributed by atoms with van der Waals surface area (Å²) >= 11 is 0. The van der Waals surface area contributed by atoms with E-state index in [1.54, 1.807) is 6.07 Å². The maximum Gasteiger partial charge on any atom is 0.147 e. The van der Waals surface area contributed by atoms with Gasteiger partial charge in [-0.3, -0.25) is 0 Å². The Hall–Kier alpha value is -1.06. The molecule has 0 bridgehead atoms. The largest absolute Gasteiger partial charge is 0.359 e. The molecule has 0 saturated heterocycles. The molecule has 3 N–H and O–H groups in total. The Morgan fingerprint density at radius 2 is 2.14 bits per heavy atom. The van der Waals surface area contributed by atoms with Crippen molar-refractivity contribution in [2.75, 3.05) is 6.54 Å². The Labute approximate surface area is 87.7 Å². The van der Waals surface area contributed by atoms with Gasteiger partial charge in [0.05, 0.1) is 5.52 Å². The van der Waals surface area contributed by atoms with Gasteiger partial charge in [-0.25, -0.2) is 4.39 Å². The monoisotopic (exact) mass is 214 g/mol. The summed E-state index contributed by atoms with van der Waals surface area (Å²) < 4.78 is 13.2. The first kappa shape index (κ1) is 11.0. The number of hydrogen-bond donors (Lipinski definition) is 2. The topological polar surface area (TPSA) is 41.8 Å². The molecule has 0 atom stereocenters. The number of halogens is 2. The molecular formula is C10H12ClFN2. The number of aromatic nitrogens is 1. The Bertz CT molecular complexity index is 425. The number of nitrogens with one attached hydrogen (secondary N) is 1. The second kappa shape index (κ2) is 4.44. The normalized spacial score (nSPS) is 10.1. The van der Waals surface area contributed by atoms with Gasteiger partial charge in [0.15, 0.2) is 0 Å². The van der Waals surface area contributed by atoms with Crippen LogP contribution in [0.2, 0.25) is 0 Å². The lowest BCUT2D eigenvalue weighted by Crippen LogP contribution is -2.01. The Balaban J connectivity index is 0.000000980. The number of benzene rings is 1. The average molecular weight is 215 g/mol. The maximum absolute atomic E-state index is 13.2. The summed E-state index contributed by atoms with van der Waals surface area (Å²) in [6, 6.07) is 5.07. The summed E-state index contributed by atoms with van der Waals surface area (Å²) in [7, 11) is 0. The number of fused-ring (bicyclic) bond motifs is 1. The molecule has 4 heteroatoms. The predicted octanol–water partition coefficient (Wildman–Crippen LogP) is 2.23. The van der Waals surface area contributed by atoms with Crippen LogP contribution in [0.1, 0.15) is 5.56 Å². The van der Waals surface area contributed by atoms with E-state index >= 15 is 0 Å². The van der Waals surface area contributed by atoms with E-state index in [4.69, 9.17) is 5.73 Å². The SMILES string of the molecule is Cl.NCCc1c[nH]c2c(F)cccc12. The van der Waals surface area contributed by atoms with Crippen molar-refractivity contribution in [3.8, 4) is 0 Å². The number of para-hydroxylation sites is 1. The van der Waals surface area contributed by atoms with Crippen molar-refractivity contribution in [3.63, 3.8) is 0 Å². The molecule has 1 aromatic carbocycles. The third kappa shape index (κ3) is 1.74. The molecule has 1 heterocycles. The first-order valence-electron chi connectivity index (χ1n) is 4.27. The van der Waals surface area contributed by atoms with Crippen molar-refractivity contribution in [2.24, 2.45) is 5.73 Å². The molecule has 76 valence electrons. The van der Waals surface area contributed by atoms with Crippen molar-refractivity contribution in [1.82, 2.24) is 4.98 Å². The van der Waals surface area contributed by atoms with Crippen LogP contribution in [-0.2, 0) is 6.42 Å². The number of hydrogen-bond acceptors (Lipinski definition) is 1. The highest BCUT2D eigenvalue weighted by molar-refractivity contribution is 5.85. The fourth-order valence-electron chi connectivity index (χ4n) is 1.54. The van der Waals surface area contributed by atoms with Gasteiger partial charge in [0.25, 0.3) is 0 Å². The van der Waals surface area contributed by atoms with E-state index in [2.05, 4.69) is 4.98 Å². The standard InChI is InChI=1S/C10H11FN2.ClH/c11-9-3-1-2-8-7(4-5-12)6-13-10(8)9;/h1-3,6,13H,4-5,12H2;1H. The highest BCUT2D eigenvalue weighted by atomic mass is 35.5. The summed E-state index contributed by atoms with van der Waals surface area (Å²) in [6.07, 6.45) is 2.60. The molecule has 0 aliphatic heterocycles. The van der Waals surface area contributed by atoms with Crippen molar-refractivity contribution in [3.05, 3.63) is 35.8 Å². The Morgan fingerprint density at radius 3 is 2.86 bits per heavy atom. The van der Waals surface area contributed by atoms with E-state index in [-0.39, 0.29) is 18.2 Å². The minimum atomic E-state index is -0.208. The Kier molecular flexibility index (Phi) is 3.49. The molecule has 0 amide bonds. The molecule has 2 nitrogen and oxygen atoms in total. The van der Waals surface area contributed by atoms with Gasteiger partial charge in [-0.2, -0.15) is 0 Å². The molecule has 0 radical (unpaired) electrons. The Morgan fingerprint density at radius 1 is 1.36 bits per heavy atom. The molecule has 14 heavy (non-hydrogen) atoms. The van der Waals surface area contributed by atoms with E-state index in [9.17, 15) is 4.39 Å². The lowest BCUT2D eigenvalue weighted by Gasteiger charge is -1.95. The van der Waals surface area contributed by atoms with Crippen LogP contribution in [0.3, 0.4) is 0 Å². The summed E-state index contributed by atoms with van der Waals surface area (Å²) in [5, 5.41) is 0.936. The van der Waals surface area contributed by atoms with E-state index in [0.29, 0.717) is 12.1 Å². The molecule has 0 aliphatic rings. The first-order valence-corrected chi connectivity index (χ1v) is 4.27. The highest BCUT2D eigenvalue weighted by Crippen LogP contribution is 2.20. The second-order valence-electron chi connectivity index (χ2n) is 3.01. The third-order valence-electron chi connectivity index (χ3n) is 2.16. The van der Waals surface area contributed by atoms with Gasteiger partial charge < -0.3 is 10.7 Å². The third-order valence-corrected chi connectivity index (χ3v) is 2.16. The van der Waals surface area contributed by atoms with Crippen LogP contribution in [0, 0.1) is 5.82 Å². The molecule has 0 unspecified atom stereocenters. The van der Waals surface area contributed by atoms with Crippen LogP contribution < -0.4 is 5.73 Å². The summed E-state index contributed by atoms with van der Waals surface area (Å²) in [5.74, 6) is -0.208. The maximum atomic E-state index is 13.2. The van der Waals surface area contributed by atoms with Crippen LogP contribution in [0.25, 0.3) is 10.9 Å². The van der Waals surface area contributed by atoms with Crippen molar-refractivity contribution in [2.45, 2.75) is 6.42 Å². The summed E-state index contributed by atoms with van der Waals surface area (Å²) in [6.45, 7) is 0.587. The van der Waals surface area contributed by atoms with Gasteiger partial charge in [0.2, 0.25) is 0 Å². The number of nitrogens with two attached hydrogens (primary N) is 1. The zero-order valence-corrected chi connectivity index (χ0v) is 8.40. The second-order valence-corrected chi connectivity index (χ2v) is 3.01. The molecule has 1 aromatic heterocycles. The molecule has 0 saturated carbocycles. The van der Waals surface area contributed by atoms with E-state index in [0.717, 1.165) is 17.4 Å².